The molecule has 0 fully saturated rings. The van der Waals surface area contributed by atoms with E-state index in [1.54, 1.807) is 36.8 Å². The standard InChI is InChI=1S/C18H16N4O2S/c1-21(2)13-7-8-19-17-14(13)15-16(25-17)18(24)22(10-20-15)12-5-3-11(9-23)4-6-12/h3-8,10,23H,9H2,1-2H3. The van der Waals surface area contributed by atoms with E-state index in [0.717, 1.165) is 27.2 Å². The van der Waals surface area contributed by atoms with Crippen molar-refractivity contribution in [2.75, 3.05) is 19.0 Å². The molecule has 4 rings (SSSR count). The van der Waals surface area contributed by atoms with Crippen molar-refractivity contribution in [2.45, 2.75) is 6.61 Å². The first-order chi connectivity index (χ1) is 12.1. The number of rotatable bonds is 3. The molecule has 0 aliphatic heterocycles. The summed E-state index contributed by atoms with van der Waals surface area (Å²) in [6.07, 6.45) is 3.30. The molecule has 0 unspecified atom stereocenters. The summed E-state index contributed by atoms with van der Waals surface area (Å²) >= 11 is 1.36. The van der Waals surface area contributed by atoms with Crippen LogP contribution in [0.4, 0.5) is 5.69 Å². The average molecular weight is 352 g/mol. The molecule has 7 heteroatoms. The maximum absolute atomic E-state index is 13.0. The van der Waals surface area contributed by atoms with Gasteiger partial charge >= 0.3 is 0 Å². The smallest absolute Gasteiger partial charge is 0.275 e. The highest BCUT2D eigenvalue weighted by Crippen LogP contribution is 2.35. The maximum Gasteiger partial charge on any atom is 0.275 e. The predicted molar refractivity (Wildman–Crippen MR) is 101 cm³/mol. The largest absolute Gasteiger partial charge is 0.392 e. The fourth-order valence-electron chi connectivity index (χ4n) is 2.86. The number of pyridine rings is 1. The summed E-state index contributed by atoms with van der Waals surface area (Å²) in [6, 6.07) is 9.12. The number of fused-ring (bicyclic) bond motifs is 3. The van der Waals surface area contributed by atoms with E-state index in [2.05, 4.69) is 9.97 Å². The van der Waals surface area contributed by atoms with Gasteiger partial charge in [0.15, 0.2) is 0 Å². The minimum Gasteiger partial charge on any atom is -0.392 e. The molecule has 4 aromatic rings. The molecule has 0 amide bonds. The second kappa shape index (κ2) is 5.94. The van der Waals surface area contributed by atoms with Gasteiger partial charge in [0, 0.05) is 20.3 Å². The molecule has 6 nitrogen and oxygen atoms in total. The van der Waals surface area contributed by atoms with E-state index in [4.69, 9.17) is 5.11 Å². The van der Waals surface area contributed by atoms with Crippen LogP contribution in [0.25, 0.3) is 26.1 Å². The highest BCUT2D eigenvalue weighted by atomic mass is 32.1. The molecule has 1 N–H and O–H groups in total. The first-order valence-electron chi connectivity index (χ1n) is 7.76. The van der Waals surface area contributed by atoms with Gasteiger partial charge in [-0.1, -0.05) is 12.1 Å². The van der Waals surface area contributed by atoms with Crippen LogP contribution < -0.4 is 10.5 Å². The molecule has 0 spiro atoms. The molecular weight excluding hydrogens is 336 g/mol. The van der Waals surface area contributed by atoms with Crippen LogP contribution in [0.3, 0.4) is 0 Å². The molecule has 0 saturated carbocycles. The fraction of sp³-hybridized carbons (Fsp3) is 0.167. The van der Waals surface area contributed by atoms with Crippen LogP contribution in [0, 0.1) is 0 Å². The lowest BCUT2D eigenvalue weighted by atomic mass is 10.2. The summed E-state index contributed by atoms with van der Waals surface area (Å²) in [6.45, 7) is -0.0260. The van der Waals surface area contributed by atoms with Crippen molar-refractivity contribution in [3.8, 4) is 5.69 Å². The van der Waals surface area contributed by atoms with Crippen molar-refractivity contribution in [1.29, 1.82) is 0 Å². The van der Waals surface area contributed by atoms with Gasteiger partial charge in [0.1, 0.15) is 15.9 Å². The molecule has 0 aliphatic rings. The number of benzene rings is 1. The Kier molecular flexibility index (Phi) is 3.74. The lowest BCUT2D eigenvalue weighted by Gasteiger charge is -2.13. The van der Waals surface area contributed by atoms with Crippen LogP contribution in [0.2, 0.25) is 0 Å². The monoisotopic (exact) mass is 352 g/mol. The van der Waals surface area contributed by atoms with Crippen LogP contribution in [-0.2, 0) is 6.61 Å². The average Bonchev–Trinajstić information content (AvgIpc) is 3.02. The predicted octanol–water partition coefficient (Wildman–Crippen LogP) is 2.55. The van der Waals surface area contributed by atoms with E-state index in [1.165, 1.54) is 15.9 Å². The Balaban J connectivity index is 1.98. The SMILES string of the molecule is CN(C)c1ccnc2sc3c(=O)n(-c4ccc(CO)cc4)cnc3c12. The maximum atomic E-state index is 13.0. The number of aliphatic hydroxyl groups is 1. The molecule has 126 valence electrons. The Hall–Kier alpha value is -2.77. The summed E-state index contributed by atoms with van der Waals surface area (Å²) in [5, 5.41) is 10.1. The molecular formula is C18H16N4O2S. The summed E-state index contributed by atoms with van der Waals surface area (Å²) in [4.78, 5) is 24.7. The van der Waals surface area contributed by atoms with Gasteiger partial charge in [0.25, 0.3) is 5.56 Å². The van der Waals surface area contributed by atoms with Crippen LogP contribution in [-0.4, -0.2) is 33.7 Å². The number of thiophene rings is 1. The topological polar surface area (TPSA) is 71.2 Å². The third-order valence-electron chi connectivity index (χ3n) is 4.14. The van der Waals surface area contributed by atoms with Gasteiger partial charge in [-0.05, 0) is 23.8 Å². The van der Waals surface area contributed by atoms with Crippen molar-refractivity contribution in [3.05, 3.63) is 58.8 Å². The summed E-state index contributed by atoms with van der Waals surface area (Å²) in [5.41, 5.74) is 3.08. The molecule has 0 atom stereocenters. The van der Waals surface area contributed by atoms with Gasteiger partial charge in [0.05, 0.1) is 28.9 Å². The molecule has 0 saturated heterocycles. The van der Waals surface area contributed by atoms with Gasteiger partial charge in [-0.25, -0.2) is 9.97 Å². The summed E-state index contributed by atoms with van der Waals surface area (Å²) < 4.78 is 2.11. The number of aliphatic hydroxyl groups excluding tert-OH is 1. The van der Waals surface area contributed by atoms with Crippen molar-refractivity contribution in [2.24, 2.45) is 0 Å². The normalized spacial score (nSPS) is 11.3. The fourth-order valence-corrected chi connectivity index (χ4v) is 3.90. The van der Waals surface area contributed by atoms with Crippen molar-refractivity contribution in [1.82, 2.24) is 14.5 Å². The second-order valence-corrected chi connectivity index (χ2v) is 6.93. The Morgan fingerprint density at radius 1 is 1.16 bits per heavy atom. The number of hydrogen-bond acceptors (Lipinski definition) is 6. The summed E-state index contributed by atoms with van der Waals surface area (Å²) in [5.74, 6) is 0. The molecule has 3 heterocycles. The van der Waals surface area contributed by atoms with E-state index < -0.39 is 0 Å². The van der Waals surface area contributed by atoms with E-state index in [0.29, 0.717) is 10.2 Å². The number of hydrogen-bond donors (Lipinski definition) is 1. The van der Waals surface area contributed by atoms with Crippen molar-refractivity contribution >= 4 is 37.5 Å². The van der Waals surface area contributed by atoms with E-state index in [-0.39, 0.29) is 12.2 Å². The third kappa shape index (κ3) is 2.48. The highest BCUT2D eigenvalue weighted by molar-refractivity contribution is 7.25. The molecule has 0 aliphatic carbocycles. The van der Waals surface area contributed by atoms with Crippen LogP contribution in [0.1, 0.15) is 5.56 Å². The van der Waals surface area contributed by atoms with Crippen LogP contribution >= 0.6 is 11.3 Å². The zero-order valence-electron chi connectivity index (χ0n) is 13.8. The Labute approximate surface area is 147 Å². The van der Waals surface area contributed by atoms with Crippen LogP contribution in [0.15, 0.2) is 47.7 Å². The lowest BCUT2D eigenvalue weighted by Crippen LogP contribution is -2.17. The first kappa shape index (κ1) is 15.7. The number of anilines is 1. The van der Waals surface area contributed by atoms with Gasteiger partial charge < -0.3 is 10.0 Å². The van der Waals surface area contributed by atoms with Crippen molar-refractivity contribution in [3.63, 3.8) is 0 Å². The Bertz CT molecular complexity index is 1130. The van der Waals surface area contributed by atoms with Crippen LogP contribution in [0.5, 0.6) is 0 Å². The molecule has 3 aromatic heterocycles. The van der Waals surface area contributed by atoms with Gasteiger partial charge in [0.2, 0.25) is 0 Å². The van der Waals surface area contributed by atoms with E-state index in [9.17, 15) is 4.79 Å². The van der Waals surface area contributed by atoms with Gasteiger partial charge in [-0.3, -0.25) is 9.36 Å². The molecule has 25 heavy (non-hydrogen) atoms. The minimum atomic E-state index is -0.116. The number of aromatic nitrogens is 3. The second-order valence-electron chi connectivity index (χ2n) is 5.93. The zero-order chi connectivity index (χ0) is 17.6. The highest BCUT2D eigenvalue weighted by Gasteiger charge is 2.16. The first-order valence-corrected chi connectivity index (χ1v) is 8.58. The number of nitrogens with zero attached hydrogens (tertiary/aromatic N) is 4. The third-order valence-corrected chi connectivity index (χ3v) is 5.21. The summed E-state index contributed by atoms with van der Waals surface area (Å²) in [7, 11) is 3.92. The van der Waals surface area contributed by atoms with E-state index >= 15 is 0 Å². The Morgan fingerprint density at radius 3 is 2.60 bits per heavy atom. The lowest BCUT2D eigenvalue weighted by molar-refractivity contribution is 0.282. The van der Waals surface area contributed by atoms with Gasteiger partial charge in [-0.2, -0.15) is 0 Å². The molecule has 1 aromatic carbocycles. The molecule has 0 bridgehead atoms. The molecule has 0 radical (unpaired) electrons. The van der Waals surface area contributed by atoms with E-state index in [1.807, 2.05) is 25.1 Å². The van der Waals surface area contributed by atoms with Crippen molar-refractivity contribution < 1.29 is 5.11 Å². The van der Waals surface area contributed by atoms with Gasteiger partial charge in [-0.15, -0.1) is 11.3 Å². The zero-order valence-corrected chi connectivity index (χ0v) is 14.6. The quantitative estimate of drug-likeness (QED) is 0.613. The Morgan fingerprint density at radius 2 is 1.92 bits per heavy atom. The minimum absolute atomic E-state index is 0.0260.